The van der Waals surface area contributed by atoms with Gasteiger partial charge in [-0.05, 0) is 23.6 Å². The minimum Gasteiger partial charge on any atom is -0.384 e. The molecule has 0 aliphatic heterocycles. The summed E-state index contributed by atoms with van der Waals surface area (Å²) in [5.41, 5.74) is 1.85. The first-order valence-electron chi connectivity index (χ1n) is 5.45. The van der Waals surface area contributed by atoms with Gasteiger partial charge < -0.3 is 10.1 Å². The summed E-state index contributed by atoms with van der Waals surface area (Å²) in [5.74, 6) is 0.504. The molecule has 0 saturated carbocycles. The SMILES string of the molecule is COCC(C)CNCc1cccc(C#N)c1. The first kappa shape index (κ1) is 12.7. The molecule has 0 heterocycles. The van der Waals surface area contributed by atoms with Crippen LogP contribution in [0.2, 0.25) is 0 Å². The highest BCUT2D eigenvalue weighted by molar-refractivity contribution is 5.32. The number of nitrogens with zero attached hydrogens (tertiary/aromatic N) is 1. The standard InChI is InChI=1S/C13H18N2O/c1-11(10-16-2)8-15-9-13-5-3-4-12(6-13)7-14/h3-6,11,15H,8-10H2,1-2H3. The first-order chi connectivity index (χ1) is 7.76. The molecule has 0 saturated heterocycles. The van der Waals surface area contributed by atoms with Crippen molar-refractivity contribution in [3.63, 3.8) is 0 Å². The molecule has 1 N–H and O–H groups in total. The number of nitriles is 1. The van der Waals surface area contributed by atoms with Crippen LogP contribution in [0.15, 0.2) is 24.3 Å². The van der Waals surface area contributed by atoms with E-state index in [1.54, 1.807) is 7.11 Å². The van der Waals surface area contributed by atoms with E-state index in [0.717, 1.165) is 25.3 Å². The zero-order valence-electron chi connectivity index (χ0n) is 9.86. The number of methoxy groups -OCH3 is 1. The predicted octanol–water partition coefficient (Wildman–Crippen LogP) is 1.93. The third-order valence-corrected chi connectivity index (χ3v) is 2.33. The molecular weight excluding hydrogens is 200 g/mol. The lowest BCUT2D eigenvalue weighted by molar-refractivity contribution is 0.158. The molecule has 1 unspecified atom stereocenters. The average Bonchev–Trinajstić information content (AvgIpc) is 2.30. The van der Waals surface area contributed by atoms with Crippen LogP contribution < -0.4 is 5.32 Å². The molecule has 1 atom stereocenters. The molecule has 0 aliphatic rings. The molecule has 0 aliphatic carbocycles. The molecule has 1 rings (SSSR count). The Balaban J connectivity index is 2.34. The van der Waals surface area contributed by atoms with Crippen molar-refractivity contribution in [3.05, 3.63) is 35.4 Å². The Morgan fingerprint density at radius 2 is 2.31 bits per heavy atom. The maximum atomic E-state index is 8.76. The Kier molecular flexibility index (Phi) is 5.55. The lowest BCUT2D eigenvalue weighted by Crippen LogP contribution is -2.23. The highest BCUT2D eigenvalue weighted by atomic mass is 16.5. The van der Waals surface area contributed by atoms with Crippen molar-refractivity contribution in [3.8, 4) is 6.07 Å². The minimum atomic E-state index is 0.504. The van der Waals surface area contributed by atoms with Crippen molar-refractivity contribution in [2.24, 2.45) is 5.92 Å². The van der Waals surface area contributed by atoms with Gasteiger partial charge in [-0.25, -0.2) is 0 Å². The summed E-state index contributed by atoms with van der Waals surface area (Å²) in [6.45, 7) is 4.63. The Hall–Kier alpha value is -1.37. The van der Waals surface area contributed by atoms with Crippen LogP contribution in [-0.2, 0) is 11.3 Å². The van der Waals surface area contributed by atoms with Gasteiger partial charge in [0.05, 0.1) is 11.6 Å². The fourth-order valence-electron chi connectivity index (χ4n) is 1.56. The maximum Gasteiger partial charge on any atom is 0.0991 e. The molecule has 0 fully saturated rings. The van der Waals surface area contributed by atoms with E-state index in [9.17, 15) is 0 Å². The topological polar surface area (TPSA) is 45.0 Å². The largest absolute Gasteiger partial charge is 0.384 e. The van der Waals surface area contributed by atoms with Gasteiger partial charge in [0.1, 0.15) is 0 Å². The smallest absolute Gasteiger partial charge is 0.0991 e. The van der Waals surface area contributed by atoms with Gasteiger partial charge in [-0.1, -0.05) is 19.1 Å². The van der Waals surface area contributed by atoms with Crippen LogP contribution in [0, 0.1) is 17.2 Å². The summed E-state index contributed by atoms with van der Waals surface area (Å²) in [5, 5.41) is 12.1. The molecule has 86 valence electrons. The quantitative estimate of drug-likeness (QED) is 0.793. The monoisotopic (exact) mass is 218 g/mol. The van der Waals surface area contributed by atoms with E-state index >= 15 is 0 Å². The van der Waals surface area contributed by atoms with Crippen LogP contribution in [-0.4, -0.2) is 20.3 Å². The van der Waals surface area contributed by atoms with E-state index in [1.165, 1.54) is 0 Å². The Morgan fingerprint density at radius 3 is 3.00 bits per heavy atom. The fourth-order valence-corrected chi connectivity index (χ4v) is 1.56. The maximum absolute atomic E-state index is 8.76. The number of hydrogen-bond acceptors (Lipinski definition) is 3. The highest BCUT2D eigenvalue weighted by Gasteiger charge is 2.00. The van der Waals surface area contributed by atoms with E-state index in [0.29, 0.717) is 11.5 Å². The number of nitrogens with one attached hydrogen (secondary N) is 1. The van der Waals surface area contributed by atoms with Crippen molar-refractivity contribution < 1.29 is 4.74 Å². The molecule has 0 aromatic heterocycles. The van der Waals surface area contributed by atoms with E-state index in [2.05, 4.69) is 18.3 Å². The summed E-state index contributed by atoms with van der Waals surface area (Å²) in [4.78, 5) is 0. The molecule has 0 amide bonds. The van der Waals surface area contributed by atoms with Gasteiger partial charge in [-0.2, -0.15) is 5.26 Å². The highest BCUT2D eigenvalue weighted by Crippen LogP contribution is 2.04. The Morgan fingerprint density at radius 1 is 1.50 bits per heavy atom. The second kappa shape index (κ2) is 7.00. The molecule has 16 heavy (non-hydrogen) atoms. The first-order valence-corrected chi connectivity index (χ1v) is 5.45. The number of rotatable bonds is 6. The van der Waals surface area contributed by atoms with Crippen LogP contribution in [0.5, 0.6) is 0 Å². The van der Waals surface area contributed by atoms with E-state index in [-0.39, 0.29) is 0 Å². The summed E-state index contributed by atoms with van der Waals surface area (Å²) in [6.07, 6.45) is 0. The zero-order valence-corrected chi connectivity index (χ0v) is 9.86. The summed E-state index contributed by atoms with van der Waals surface area (Å²) >= 11 is 0. The molecule has 3 nitrogen and oxygen atoms in total. The van der Waals surface area contributed by atoms with Crippen LogP contribution in [0.1, 0.15) is 18.1 Å². The molecule has 0 spiro atoms. The van der Waals surface area contributed by atoms with Crippen molar-refractivity contribution >= 4 is 0 Å². The van der Waals surface area contributed by atoms with Gasteiger partial charge in [0.15, 0.2) is 0 Å². The van der Waals surface area contributed by atoms with Crippen molar-refractivity contribution in [1.82, 2.24) is 5.32 Å². The van der Waals surface area contributed by atoms with Crippen LogP contribution in [0.25, 0.3) is 0 Å². The molecule has 1 aromatic rings. The fraction of sp³-hybridized carbons (Fsp3) is 0.462. The Bertz CT molecular complexity index is 357. The lowest BCUT2D eigenvalue weighted by Gasteiger charge is -2.11. The molecule has 1 aromatic carbocycles. The van der Waals surface area contributed by atoms with Crippen LogP contribution in [0.4, 0.5) is 0 Å². The molecular formula is C13H18N2O. The van der Waals surface area contributed by atoms with Gasteiger partial charge in [0.25, 0.3) is 0 Å². The molecule has 0 radical (unpaired) electrons. The van der Waals surface area contributed by atoms with Crippen LogP contribution in [0.3, 0.4) is 0 Å². The third-order valence-electron chi connectivity index (χ3n) is 2.33. The van der Waals surface area contributed by atoms with E-state index in [1.807, 2.05) is 24.3 Å². The number of hydrogen-bond donors (Lipinski definition) is 1. The van der Waals surface area contributed by atoms with Crippen molar-refractivity contribution in [2.75, 3.05) is 20.3 Å². The van der Waals surface area contributed by atoms with Gasteiger partial charge in [-0.15, -0.1) is 0 Å². The van der Waals surface area contributed by atoms with Gasteiger partial charge >= 0.3 is 0 Å². The average molecular weight is 218 g/mol. The van der Waals surface area contributed by atoms with Gasteiger partial charge in [-0.3, -0.25) is 0 Å². The minimum absolute atomic E-state index is 0.504. The van der Waals surface area contributed by atoms with Gasteiger partial charge in [0, 0.05) is 26.8 Å². The van der Waals surface area contributed by atoms with Gasteiger partial charge in [0.2, 0.25) is 0 Å². The summed E-state index contributed by atoms with van der Waals surface area (Å²) in [6, 6.07) is 9.80. The molecule has 0 bridgehead atoms. The number of benzene rings is 1. The second-order valence-electron chi connectivity index (χ2n) is 4.00. The Labute approximate surface area is 97.0 Å². The van der Waals surface area contributed by atoms with Crippen molar-refractivity contribution in [2.45, 2.75) is 13.5 Å². The number of ether oxygens (including phenoxy) is 1. The lowest BCUT2D eigenvalue weighted by atomic mass is 10.1. The normalized spacial score (nSPS) is 12.1. The van der Waals surface area contributed by atoms with E-state index in [4.69, 9.17) is 10.00 Å². The summed E-state index contributed by atoms with van der Waals surface area (Å²) < 4.78 is 5.06. The van der Waals surface area contributed by atoms with Crippen molar-refractivity contribution in [1.29, 1.82) is 5.26 Å². The summed E-state index contributed by atoms with van der Waals surface area (Å²) in [7, 11) is 1.72. The molecule has 3 heteroatoms. The third kappa shape index (κ3) is 4.43. The predicted molar refractivity (Wildman–Crippen MR) is 63.9 cm³/mol. The second-order valence-corrected chi connectivity index (χ2v) is 4.00. The van der Waals surface area contributed by atoms with Crippen LogP contribution >= 0.6 is 0 Å². The zero-order chi connectivity index (χ0) is 11.8. The van der Waals surface area contributed by atoms with E-state index < -0.39 is 0 Å².